The number of carbonyl (C=O) groups is 1. The number of alkyl halides is 1. The van der Waals surface area contributed by atoms with Gasteiger partial charge in [0.05, 0.1) is 12.6 Å². The second kappa shape index (κ2) is 6.06. The highest BCUT2D eigenvalue weighted by atomic mass is 19.1. The van der Waals surface area contributed by atoms with E-state index in [1.165, 1.54) is 7.11 Å². The number of rotatable bonds is 6. The van der Waals surface area contributed by atoms with Crippen molar-refractivity contribution in [2.75, 3.05) is 26.9 Å². The molecule has 5 heteroatoms. The van der Waals surface area contributed by atoms with E-state index in [1.807, 2.05) is 0 Å². The molecule has 2 atom stereocenters. The normalized spacial score (nSPS) is 25.1. The first kappa shape index (κ1) is 11.6. The van der Waals surface area contributed by atoms with Crippen molar-refractivity contribution in [3.8, 4) is 0 Å². The number of hydrogen-bond acceptors (Lipinski definition) is 4. The van der Waals surface area contributed by atoms with E-state index in [2.05, 4.69) is 0 Å². The lowest BCUT2D eigenvalue weighted by Gasteiger charge is -2.21. The number of methoxy groups -OCH3 is 1. The Balaban J connectivity index is 2.25. The summed E-state index contributed by atoms with van der Waals surface area (Å²) in [5, 5.41) is 1.61. The van der Waals surface area contributed by atoms with Crippen molar-refractivity contribution in [2.45, 2.75) is 25.0 Å². The Morgan fingerprint density at radius 3 is 3.07 bits per heavy atom. The van der Waals surface area contributed by atoms with Crippen LogP contribution in [0.2, 0.25) is 0 Å². The molecule has 82 valence electrons. The second-order valence-electron chi connectivity index (χ2n) is 3.29. The summed E-state index contributed by atoms with van der Waals surface area (Å²) in [7, 11) is 1.44. The average Bonchev–Trinajstić information content (AvgIpc) is 2.67. The zero-order valence-electron chi connectivity index (χ0n) is 8.32. The fourth-order valence-corrected chi connectivity index (χ4v) is 1.42. The van der Waals surface area contributed by atoms with E-state index in [-0.39, 0.29) is 12.6 Å². The van der Waals surface area contributed by atoms with Crippen molar-refractivity contribution in [3.05, 3.63) is 0 Å². The third kappa shape index (κ3) is 3.01. The van der Waals surface area contributed by atoms with Crippen LogP contribution in [0.1, 0.15) is 12.8 Å². The van der Waals surface area contributed by atoms with Crippen molar-refractivity contribution in [1.82, 2.24) is 5.06 Å². The lowest BCUT2D eigenvalue weighted by atomic mass is 10.2. The van der Waals surface area contributed by atoms with Gasteiger partial charge in [-0.1, -0.05) is 0 Å². The van der Waals surface area contributed by atoms with Gasteiger partial charge in [-0.05, 0) is 12.8 Å². The van der Waals surface area contributed by atoms with Crippen LogP contribution in [-0.2, 0) is 14.4 Å². The van der Waals surface area contributed by atoms with Gasteiger partial charge in [-0.15, -0.1) is 0 Å². The van der Waals surface area contributed by atoms with E-state index in [1.54, 1.807) is 5.06 Å². The number of hydroxylamine groups is 2. The molecule has 1 rings (SSSR count). The highest BCUT2D eigenvalue weighted by Crippen LogP contribution is 2.15. The van der Waals surface area contributed by atoms with Gasteiger partial charge in [0.25, 0.3) is 0 Å². The number of hydrogen-bond donors (Lipinski definition) is 0. The largest absolute Gasteiger partial charge is 0.376 e. The van der Waals surface area contributed by atoms with Crippen LogP contribution in [0, 0.1) is 0 Å². The Morgan fingerprint density at radius 1 is 1.71 bits per heavy atom. The summed E-state index contributed by atoms with van der Waals surface area (Å²) < 4.78 is 17.0. The SMILES string of the molecule is COC(CF)CON1CCC[C@H]1C=O. The van der Waals surface area contributed by atoms with Gasteiger partial charge in [0.2, 0.25) is 0 Å². The van der Waals surface area contributed by atoms with Gasteiger partial charge in [-0.2, -0.15) is 5.06 Å². The molecule has 0 bridgehead atoms. The minimum Gasteiger partial charge on any atom is -0.376 e. The van der Waals surface area contributed by atoms with Crippen molar-refractivity contribution < 1.29 is 18.8 Å². The Hall–Kier alpha value is -0.520. The topological polar surface area (TPSA) is 38.8 Å². The van der Waals surface area contributed by atoms with Crippen LogP contribution in [0.5, 0.6) is 0 Å². The van der Waals surface area contributed by atoms with E-state index in [4.69, 9.17) is 9.57 Å². The predicted octanol–water partition coefficient (Wildman–Crippen LogP) is 0.566. The minimum atomic E-state index is -0.573. The molecule has 0 spiro atoms. The summed E-state index contributed by atoms with van der Waals surface area (Å²) in [6, 6.07) is -0.174. The maximum absolute atomic E-state index is 12.2. The van der Waals surface area contributed by atoms with E-state index in [0.717, 1.165) is 25.7 Å². The highest BCUT2D eigenvalue weighted by Gasteiger charge is 2.25. The van der Waals surface area contributed by atoms with Gasteiger partial charge in [-0.3, -0.25) is 4.84 Å². The fraction of sp³-hybridized carbons (Fsp3) is 0.889. The first-order valence-electron chi connectivity index (χ1n) is 4.75. The van der Waals surface area contributed by atoms with Crippen molar-refractivity contribution in [3.63, 3.8) is 0 Å². The number of aldehydes is 1. The summed E-state index contributed by atoms with van der Waals surface area (Å²) in [6.07, 6.45) is 2.08. The standard InChI is InChI=1S/C9H16FNO3/c1-13-9(5-10)7-14-11-4-2-3-8(11)6-12/h6,8-9H,2-5,7H2,1H3/t8-,9?/m0/s1. The molecule has 1 unspecified atom stereocenters. The minimum absolute atomic E-state index is 0.164. The molecule has 0 saturated carbocycles. The molecule has 4 nitrogen and oxygen atoms in total. The first-order valence-corrected chi connectivity index (χ1v) is 4.75. The van der Waals surface area contributed by atoms with Gasteiger partial charge >= 0.3 is 0 Å². The molecule has 1 fully saturated rings. The fourth-order valence-electron chi connectivity index (χ4n) is 1.42. The van der Waals surface area contributed by atoms with Crippen molar-refractivity contribution in [1.29, 1.82) is 0 Å². The van der Waals surface area contributed by atoms with Crippen LogP contribution in [0.3, 0.4) is 0 Å². The lowest BCUT2D eigenvalue weighted by molar-refractivity contribution is -0.189. The third-order valence-corrected chi connectivity index (χ3v) is 2.34. The predicted molar refractivity (Wildman–Crippen MR) is 48.5 cm³/mol. The zero-order chi connectivity index (χ0) is 10.4. The Morgan fingerprint density at radius 2 is 2.50 bits per heavy atom. The molecular weight excluding hydrogens is 189 g/mol. The molecule has 1 aliphatic rings. The van der Waals surface area contributed by atoms with Crippen LogP contribution in [0.4, 0.5) is 4.39 Å². The summed E-state index contributed by atoms with van der Waals surface area (Å²) >= 11 is 0. The molecule has 0 aromatic carbocycles. The van der Waals surface area contributed by atoms with E-state index in [9.17, 15) is 9.18 Å². The Bertz CT molecular complexity index is 175. The van der Waals surface area contributed by atoms with Crippen LogP contribution >= 0.6 is 0 Å². The molecule has 0 amide bonds. The molecule has 0 radical (unpaired) electrons. The van der Waals surface area contributed by atoms with Crippen molar-refractivity contribution >= 4 is 6.29 Å². The van der Waals surface area contributed by atoms with E-state index >= 15 is 0 Å². The van der Waals surface area contributed by atoms with Gasteiger partial charge in [0.1, 0.15) is 19.1 Å². The Labute approximate surface area is 82.9 Å². The third-order valence-electron chi connectivity index (χ3n) is 2.34. The Kier molecular flexibility index (Phi) is 5.00. The van der Waals surface area contributed by atoms with Gasteiger partial charge in [0.15, 0.2) is 0 Å². The summed E-state index contributed by atoms with van der Waals surface area (Å²) in [5.74, 6) is 0. The molecule has 0 N–H and O–H groups in total. The van der Waals surface area contributed by atoms with Crippen LogP contribution in [-0.4, -0.2) is 50.4 Å². The van der Waals surface area contributed by atoms with Gasteiger partial charge in [-0.25, -0.2) is 4.39 Å². The maximum Gasteiger partial charge on any atom is 0.139 e. The van der Waals surface area contributed by atoms with Crippen LogP contribution < -0.4 is 0 Å². The molecular formula is C9H16FNO3. The highest BCUT2D eigenvalue weighted by molar-refractivity contribution is 5.57. The lowest BCUT2D eigenvalue weighted by Crippen LogP contribution is -2.34. The molecule has 1 saturated heterocycles. The smallest absolute Gasteiger partial charge is 0.139 e. The van der Waals surface area contributed by atoms with Crippen LogP contribution in [0.15, 0.2) is 0 Å². The number of ether oxygens (including phenoxy) is 1. The van der Waals surface area contributed by atoms with Crippen molar-refractivity contribution in [2.24, 2.45) is 0 Å². The maximum atomic E-state index is 12.2. The monoisotopic (exact) mass is 205 g/mol. The molecule has 1 aliphatic heterocycles. The average molecular weight is 205 g/mol. The number of carbonyl (C=O) groups excluding carboxylic acids is 1. The van der Waals surface area contributed by atoms with E-state index in [0.29, 0.717) is 0 Å². The summed E-state index contributed by atoms with van der Waals surface area (Å²) in [6.45, 7) is 0.319. The quantitative estimate of drug-likeness (QED) is 0.594. The number of halogens is 1. The molecule has 14 heavy (non-hydrogen) atoms. The molecule has 0 aromatic heterocycles. The van der Waals surface area contributed by atoms with Gasteiger partial charge < -0.3 is 9.53 Å². The zero-order valence-corrected chi connectivity index (χ0v) is 8.32. The van der Waals surface area contributed by atoms with Crippen LogP contribution in [0.25, 0.3) is 0 Å². The second-order valence-corrected chi connectivity index (χ2v) is 3.29. The summed E-state index contributed by atoms with van der Waals surface area (Å²) in [5.41, 5.74) is 0. The number of nitrogens with zero attached hydrogens (tertiary/aromatic N) is 1. The molecule has 0 aliphatic carbocycles. The molecule has 1 heterocycles. The first-order chi connectivity index (χ1) is 6.81. The molecule has 0 aromatic rings. The van der Waals surface area contributed by atoms with Gasteiger partial charge in [0, 0.05) is 13.7 Å². The van der Waals surface area contributed by atoms with E-state index < -0.39 is 12.8 Å². The summed E-state index contributed by atoms with van der Waals surface area (Å²) in [4.78, 5) is 15.9.